The molecule has 0 aliphatic rings. The van der Waals surface area contributed by atoms with Gasteiger partial charge in [0.05, 0.1) is 35.3 Å². The maximum Gasteiger partial charge on any atom is 0.259 e. The molecule has 0 saturated carbocycles. The van der Waals surface area contributed by atoms with Crippen molar-refractivity contribution < 1.29 is 9.53 Å². The number of nitrogens with one attached hydrogen (secondary N) is 1. The predicted octanol–water partition coefficient (Wildman–Crippen LogP) is 1.31. The highest BCUT2D eigenvalue weighted by atomic mass is 35.5. The molecule has 1 aromatic carbocycles. The number of tetrazole rings is 1. The van der Waals surface area contributed by atoms with Gasteiger partial charge in [-0.25, -0.2) is 0 Å². The minimum atomic E-state index is -0.361. The molecule has 118 valence electrons. The summed E-state index contributed by atoms with van der Waals surface area (Å²) >= 11 is 6.23. The summed E-state index contributed by atoms with van der Waals surface area (Å²) in [6.07, 6.45) is 4.62. The fourth-order valence-corrected chi connectivity index (χ4v) is 2.27. The van der Waals surface area contributed by atoms with Crippen LogP contribution in [0.25, 0.3) is 5.69 Å². The van der Waals surface area contributed by atoms with Crippen LogP contribution >= 0.6 is 11.6 Å². The van der Waals surface area contributed by atoms with E-state index in [2.05, 4.69) is 25.9 Å². The molecular weight excluding hydrogens is 322 g/mol. The van der Waals surface area contributed by atoms with Gasteiger partial charge in [0.25, 0.3) is 5.91 Å². The molecule has 10 heteroatoms. The first kappa shape index (κ1) is 15.0. The second-order valence-electron chi connectivity index (χ2n) is 4.62. The van der Waals surface area contributed by atoms with E-state index in [-0.39, 0.29) is 11.5 Å². The van der Waals surface area contributed by atoms with E-state index in [0.717, 1.165) is 0 Å². The number of carbonyl (C=O) groups is 1. The number of amides is 1. The molecule has 0 spiro atoms. The van der Waals surface area contributed by atoms with Crippen LogP contribution in [0.15, 0.2) is 30.9 Å². The Hall–Kier alpha value is -2.94. The molecule has 0 fully saturated rings. The second-order valence-corrected chi connectivity index (χ2v) is 5.02. The van der Waals surface area contributed by atoms with Crippen LogP contribution in [0.5, 0.6) is 5.75 Å². The van der Waals surface area contributed by atoms with Gasteiger partial charge < -0.3 is 10.1 Å². The number of halogens is 1. The molecule has 0 atom stereocenters. The van der Waals surface area contributed by atoms with Crippen LogP contribution in [0.1, 0.15) is 10.4 Å². The Kier molecular flexibility index (Phi) is 3.94. The smallest absolute Gasteiger partial charge is 0.259 e. The minimum absolute atomic E-state index is 0.290. The molecule has 0 aliphatic heterocycles. The van der Waals surface area contributed by atoms with E-state index in [1.165, 1.54) is 24.2 Å². The number of nitrogens with zero attached hydrogens (tertiary/aromatic N) is 6. The Labute approximate surface area is 135 Å². The van der Waals surface area contributed by atoms with Gasteiger partial charge in [-0.15, -0.1) is 5.10 Å². The fraction of sp³-hybridized carbons (Fsp3) is 0.154. The number of rotatable bonds is 4. The number of aryl methyl sites for hydroxylation is 1. The summed E-state index contributed by atoms with van der Waals surface area (Å²) in [5.41, 5.74) is 1.37. The summed E-state index contributed by atoms with van der Waals surface area (Å²) in [4.78, 5) is 12.4. The number of benzene rings is 1. The number of hydrogen-bond donors (Lipinski definition) is 1. The molecule has 0 radical (unpaired) electrons. The molecule has 2 heterocycles. The van der Waals surface area contributed by atoms with Gasteiger partial charge in [0.1, 0.15) is 12.1 Å². The van der Waals surface area contributed by atoms with Crippen molar-refractivity contribution in [1.82, 2.24) is 30.0 Å². The topological polar surface area (TPSA) is 99.8 Å². The summed E-state index contributed by atoms with van der Waals surface area (Å²) in [5, 5.41) is 17.9. The van der Waals surface area contributed by atoms with E-state index in [9.17, 15) is 4.79 Å². The van der Waals surface area contributed by atoms with Crippen LogP contribution in [0.2, 0.25) is 5.02 Å². The molecule has 1 N–H and O–H groups in total. The molecule has 23 heavy (non-hydrogen) atoms. The SMILES string of the molecule is COc1cc(-n2cnnn2)c(Cl)cc1C(=O)Nc1cnn(C)c1. The van der Waals surface area contributed by atoms with Crippen LogP contribution < -0.4 is 10.1 Å². The largest absolute Gasteiger partial charge is 0.496 e. The first-order chi connectivity index (χ1) is 11.1. The molecule has 0 saturated heterocycles. The lowest BCUT2D eigenvalue weighted by atomic mass is 10.1. The van der Waals surface area contributed by atoms with Gasteiger partial charge >= 0.3 is 0 Å². The molecule has 9 nitrogen and oxygen atoms in total. The summed E-state index contributed by atoms with van der Waals surface area (Å²) in [7, 11) is 3.22. The van der Waals surface area contributed by atoms with Crippen molar-refractivity contribution in [3.05, 3.63) is 41.4 Å². The quantitative estimate of drug-likeness (QED) is 0.772. The highest BCUT2D eigenvalue weighted by Gasteiger charge is 2.18. The van der Waals surface area contributed by atoms with Crippen LogP contribution in [-0.2, 0) is 7.05 Å². The Balaban J connectivity index is 1.95. The number of hydrogen-bond acceptors (Lipinski definition) is 6. The second kappa shape index (κ2) is 6.05. The van der Waals surface area contributed by atoms with Gasteiger partial charge in [-0.3, -0.25) is 9.48 Å². The summed E-state index contributed by atoms with van der Waals surface area (Å²) < 4.78 is 8.25. The van der Waals surface area contributed by atoms with E-state index in [1.807, 2.05) is 0 Å². The summed E-state index contributed by atoms with van der Waals surface area (Å²) in [5.74, 6) is -0.0127. The number of ether oxygens (including phenoxy) is 1. The standard InChI is InChI=1S/C13H12ClN7O2/c1-20-6-8(5-16-20)17-13(22)9-3-10(14)11(4-12(9)23-2)21-7-15-18-19-21/h3-7H,1-2H3,(H,17,22). The van der Waals surface area contributed by atoms with Crippen molar-refractivity contribution in [2.45, 2.75) is 0 Å². The zero-order chi connectivity index (χ0) is 16.4. The van der Waals surface area contributed by atoms with Crippen molar-refractivity contribution >= 4 is 23.2 Å². The Morgan fingerprint density at radius 1 is 1.39 bits per heavy atom. The van der Waals surface area contributed by atoms with Gasteiger partial charge in [-0.05, 0) is 16.5 Å². The molecule has 2 aromatic heterocycles. The molecule has 0 bridgehead atoms. The maximum atomic E-state index is 12.4. The van der Waals surface area contributed by atoms with Gasteiger partial charge in [0, 0.05) is 19.3 Å². The number of aromatic nitrogens is 6. The van der Waals surface area contributed by atoms with Crippen LogP contribution in [0, 0.1) is 0 Å². The van der Waals surface area contributed by atoms with E-state index in [0.29, 0.717) is 22.1 Å². The van der Waals surface area contributed by atoms with E-state index in [4.69, 9.17) is 16.3 Å². The highest BCUT2D eigenvalue weighted by Crippen LogP contribution is 2.29. The van der Waals surface area contributed by atoms with Crippen molar-refractivity contribution in [2.75, 3.05) is 12.4 Å². The third-order valence-electron chi connectivity index (χ3n) is 3.07. The average molecular weight is 334 g/mol. The van der Waals surface area contributed by atoms with Crippen molar-refractivity contribution in [1.29, 1.82) is 0 Å². The molecule has 0 aliphatic carbocycles. The lowest BCUT2D eigenvalue weighted by Crippen LogP contribution is -2.13. The molecule has 3 aromatic rings. The Morgan fingerprint density at radius 3 is 2.83 bits per heavy atom. The third kappa shape index (κ3) is 2.99. The van der Waals surface area contributed by atoms with Gasteiger partial charge in [-0.1, -0.05) is 11.6 Å². The first-order valence-corrected chi connectivity index (χ1v) is 6.87. The van der Waals surface area contributed by atoms with Crippen molar-refractivity contribution in [2.24, 2.45) is 7.05 Å². The molecule has 3 rings (SSSR count). The highest BCUT2D eigenvalue weighted by molar-refractivity contribution is 6.33. The molecule has 0 unspecified atom stereocenters. The normalized spacial score (nSPS) is 10.6. The molecule has 1 amide bonds. The number of anilines is 1. The third-order valence-corrected chi connectivity index (χ3v) is 3.37. The maximum absolute atomic E-state index is 12.4. The van der Waals surface area contributed by atoms with E-state index >= 15 is 0 Å². The Bertz CT molecular complexity index is 844. The van der Waals surface area contributed by atoms with Gasteiger partial charge in [0.15, 0.2) is 0 Å². The lowest BCUT2D eigenvalue weighted by molar-refractivity contribution is 0.102. The zero-order valence-corrected chi connectivity index (χ0v) is 13.0. The Morgan fingerprint density at radius 2 is 2.22 bits per heavy atom. The van der Waals surface area contributed by atoms with Gasteiger partial charge in [-0.2, -0.15) is 9.78 Å². The first-order valence-electron chi connectivity index (χ1n) is 6.49. The number of carbonyl (C=O) groups excluding carboxylic acids is 1. The summed E-state index contributed by atoms with van der Waals surface area (Å²) in [6.45, 7) is 0. The van der Waals surface area contributed by atoms with E-state index < -0.39 is 0 Å². The summed E-state index contributed by atoms with van der Waals surface area (Å²) in [6, 6.07) is 3.10. The van der Waals surface area contributed by atoms with Gasteiger partial charge in [0.2, 0.25) is 0 Å². The monoisotopic (exact) mass is 333 g/mol. The average Bonchev–Trinajstić information content (AvgIpc) is 3.19. The van der Waals surface area contributed by atoms with Crippen molar-refractivity contribution in [3.8, 4) is 11.4 Å². The van der Waals surface area contributed by atoms with Crippen LogP contribution in [-0.4, -0.2) is 43.0 Å². The fourth-order valence-electron chi connectivity index (χ4n) is 2.02. The van der Waals surface area contributed by atoms with E-state index in [1.54, 1.807) is 30.2 Å². The lowest BCUT2D eigenvalue weighted by Gasteiger charge is -2.11. The zero-order valence-electron chi connectivity index (χ0n) is 12.3. The van der Waals surface area contributed by atoms with Crippen LogP contribution in [0.4, 0.5) is 5.69 Å². The molecular formula is C13H12ClN7O2. The minimum Gasteiger partial charge on any atom is -0.496 e. The van der Waals surface area contributed by atoms with Crippen LogP contribution in [0.3, 0.4) is 0 Å². The predicted molar refractivity (Wildman–Crippen MR) is 81.9 cm³/mol. The van der Waals surface area contributed by atoms with Crippen molar-refractivity contribution in [3.63, 3.8) is 0 Å². The number of methoxy groups -OCH3 is 1.